The van der Waals surface area contributed by atoms with Crippen LogP contribution in [0.25, 0.3) is 0 Å². The molecule has 0 amide bonds. The minimum atomic E-state index is 0.591. The number of unbranched alkanes of at least 4 members (excludes halogenated alkanes) is 4. The van der Waals surface area contributed by atoms with E-state index in [9.17, 15) is 0 Å². The summed E-state index contributed by atoms with van der Waals surface area (Å²) in [5.74, 6) is 0. The SMILES string of the molecule is CCCCCCCC(CN)N(CC)CCCN(CC)CC. The lowest BCUT2D eigenvalue weighted by Gasteiger charge is -2.30. The van der Waals surface area contributed by atoms with Crippen LogP contribution in [-0.2, 0) is 0 Å². The molecule has 1 atom stereocenters. The highest BCUT2D eigenvalue weighted by Gasteiger charge is 2.15. The van der Waals surface area contributed by atoms with Crippen molar-refractivity contribution in [3.8, 4) is 0 Å². The van der Waals surface area contributed by atoms with Crippen LogP contribution in [-0.4, -0.2) is 55.1 Å². The molecule has 3 nitrogen and oxygen atoms in total. The van der Waals surface area contributed by atoms with Gasteiger partial charge in [0.15, 0.2) is 0 Å². The van der Waals surface area contributed by atoms with Crippen LogP contribution in [0, 0.1) is 0 Å². The van der Waals surface area contributed by atoms with Gasteiger partial charge in [0, 0.05) is 12.6 Å². The first-order chi connectivity index (χ1) is 10.2. The van der Waals surface area contributed by atoms with Crippen LogP contribution in [0.2, 0.25) is 0 Å². The minimum absolute atomic E-state index is 0.591. The number of nitrogens with two attached hydrogens (primary N) is 1. The molecule has 0 aliphatic heterocycles. The molecule has 0 aromatic rings. The minimum Gasteiger partial charge on any atom is -0.329 e. The van der Waals surface area contributed by atoms with Crippen molar-refractivity contribution < 1.29 is 0 Å². The molecule has 21 heavy (non-hydrogen) atoms. The average Bonchev–Trinajstić information content (AvgIpc) is 2.52. The van der Waals surface area contributed by atoms with Crippen LogP contribution in [0.1, 0.15) is 72.6 Å². The summed E-state index contributed by atoms with van der Waals surface area (Å²) >= 11 is 0. The van der Waals surface area contributed by atoms with Crippen LogP contribution in [0.3, 0.4) is 0 Å². The molecule has 0 spiro atoms. The Balaban J connectivity index is 3.96. The van der Waals surface area contributed by atoms with Crippen molar-refractivity contribution in [3.05, 3.63) is 0 Å². The number of hydrogen-bond donors (Lipinski definition) is 1. The molecular formula is C18H41N3. The fraction of sp³-hybridized carbons (Fsp3) is 1.00. The lowest BCUT2D eigenvalue weighted by molar-refractivity contribution is 0.181. The van der Waals surface area contributed by atoms with Gasteiger partial charge in [-0.1, -0.05) is 59.8 Å². The molecule has 0 aliphatic rings. The quantitative estimate of drug-likeness (QED) is 0.468. The molecule has 1 unspecified atom stereocenters. The normalized spacial score (nSPS) is 13.3. The van der Waals surface area contributed by atoms with E-state index in [1.165, 1.54) is 71.1 Å². The predicted octanol–water partition coefficient (Wildman–Crippen LogP) is 3.73. The third kappa shape index (κ3) is 10.3. The number of likely N-dealkylation sites (N-methyl/N-ethyl adjacent to an activating group) is 1. The van der Waals surface area contributed by atoms with Crippen LogP contribution in [0.5, 0.6) is 0 Å². The van der Waals surface area contributed by atoms with Crippen molar-refractivity contribution >= 4 is 0 Å². The largest absolute Gasteiger partial charge is 0.329 e. The first-order valence-corrected chi connectivity index (χ1v) is 9.39. The maximum absolute atomic E-state index is 6.02. The summed E-state index contributed by atoms with van der Waals surface area (Å²) in [5, 5.41) is 0. The van der Waals surface area contributed by atoms with Crippen molar-refractivity contribution in [2.24, 2.45) is 5.73 Å². The Kier molecular flexibility index (Phi) is 14.7. The van der Waals surface area contributed by atoms with E-state index < -0.39 is 0 Å². The molecule has 0 radical (unpaired) electrons. The second kappa shape index (κ2) is 14.8. The van der Waals surface area contributed by atoms with Crippen molar-refractivity contribution in [1.29, 1.82) is 0 Å². The highest BCUT2D eigenvalue weighted by Crippen LogP contribution is 2.12. The maximum Gasteiger partial charge on any atom is 0.0218 e. The third-order valence-corrected chi connectivity index (χ3v) is 4.65. The Bertz CT molecular complexity index is 205. The summed E-state index contributed by atoms with van der Waals surface area (Å²) in [6.07, 6.45) is 9.36. The first kappa shape index (κ1) is 20.9. The van der Waals surface area contributed by atoms with Gasteiger partial charge in [-0.25, -0.2) is 0 Å². The van der Waals surface area contributed by atoms with E-state index >= 15 is 0 Å². The molecule has 0 aromatic heterocycles. The van der Waals surface area contributed by atoms with Crippen molar-refractivity contribution in [1.82, 2.24) is 9.80 Å². The standard InChI is InChI=1S/C18H41N3/c1-5-9-10-11-12-14-18(17-19)21(8-4)16-13-15-20(6-2)7-3/h18H,5-17,19H2,1-4H3. The van der Waals surface area contributed by atoms with Crippen LogP contribution < -0.4 is 5.73 Å². The molecule has 3 heteroatoms. The molecule has 0 aromatic carbocycles. The molecule has 2 N–H and O–H groups in total. The molecule has 0 heterocycles. The van der Waals surface area contributed by atoms with E-state index in [0.717, 1.165) is 13.1 Å². The monoisotopic (exact) mass is 299 g/mol. The summed E-state index contributed by atoms with van der Waals surface area (Å²) in [5.41, 5.74) is 6.02. The lowest BCUT2D eigenvalue weighted by Crippen LogP contribution is -2.42. The summed E-state index contributed by atoms with van der Waals surface area (Å²) in [6.45, 7) is 15.7. The van der Waals surface area contributed by atoms with Crippen LogP contribution in [0.4, 0.5) is 0 Å². The van der Waals surface area contributed by atoms with Gasteiger partial charge in [0.2, 0.25) is 0 Å². The molecule has 0 aliphatic carbocycles. The van der Waals surface area contributed by atoms with Gasteiger partial charge < -0.3 is 10.6 Å². The lowest BCUT2D eigenvalue weighted by atomic mass is 10.0. The average molecular weight is 300 g/mol. The molecule has 0 fully saturated rings. The van der Waals surface area contributed by atoms with E-state index in [4.69, 9.17) is 5.73 Å². The third-order valence-electron chi connectivity index (χ3n) is 4.65. The van der Waals surface area contributed by atoms with Gasteiger partial charge in [-0.05, 0) is 45.6 Å². The van der Waals surface area contributed by atoms with Gasteiger partial charge in [0.25, 0.3) is 0 Å². The first-order valence-electron chi connectivity index (χ1n) is 9.39. The topological polar surface area (TPSA) is 32.5 Å². The summed E-state index contributed by atoms with van der Waals surface area (Å²) in [4.78, 5) is 5.11. The fourth-order valence-electron chi connectivity index (χ4n) is 3.07. The zero-order valence-corrected chi connectivity index (χ0v) is 15.2. The second-order valence-corrected chi connectivity index (χ2v) is 6.10. The van der Waals surface area contributed by atoms with Gasteiger partial charge in [0.1, 0.15) is 0 Å². The fourth-order valence-corrected chi connectivity index (χ4v) is 3.07. The van der Waals surface area contributed by atoms with Gasteiger partial charge in [-0.15, -0.1) is 0 Å². The summed E-state index contributed by atoms with van der Waals surface area (Å²) < 4.78 is 0. The number of nitrogens with zero attached hydrogens (tertiary/aromatic N) is 2. The zero-order chi connectivity index (χ0) is 15.9. The molecular weight excluding hydrogens is 258 g/mol. The highest BCUT2D eigenvalue weighted by atomic mass is 15.2. The second-order valence-electron chi connectivity index (χ2n) is 6.10. The molecule has 0 bridgehead atoms. The Hall–Kier alpha value is -0.120. The smallest absolute Gasteiger partial charge is 0.0218 e. The van der Waals surface area contributed by atoms with Crippen molar-refractivity contribution in [3.63, 3.8) is 0 Å². The molecule has 128 valence electrons. The zero-order valence-electron chi connectivity index (χ0n) is 15.2. The van der Waals surface area contributed by atoms with E-state index in [1.807, 2.05) is 0 Å². The molecule has 0 saturated carbocycles. The summed E-state index contributed by atoms with van der Waals surface area (Å²) in [7, 11) is 0. The van der Waals surface area contributed by atoms with Crippen LogP contribution in [0.15, 0.2) is 0 Å². The maximum atomic E-state index is 6.02. The van der Waals surface area contributed by atoms with Gasteiger partial charge >= 0.3 is 0 Å². The number of rotatable bonds is 15. The van der Waals surface area contributed by atoms with E-state index in [0.29, 0.717) is 6.04 Å². The van der Waals surface area contributed by atoms with Crippen molar-refractivity contribution in [2.75, 3.05) is 39.3 Å². The van der Waals surface area contributed by atoms with Crippen molar-refractivity contribution in [2.45, 2.75) is 78.7 Å². The Morgan fingerprint density at radius 3 is 1.95 bits per heavy atom. The van der Waals surface area contributed by atoms with Crippen LogP contribution >= 0.6 is 0 Å². The van der Waals surface area contributed by atoms with E-state index in [-0.39, 0.29) is 0 Å². The number of hydrogen-bond acceptors (Lipinski definition) is 3. The Labute approximate surface area is 134 Å². The molecule has 0 saturated heterocycles. The predicted molar refractivity (Wildman–Crippen MR) is 95.9 cm³/mol. The van der Waals surface area contributed by atoms with E-state index in [2.05, 4.69) is 37.5 Å². The van der Waals surface area contributed by atoms with Gasteiger partial charge in [-0.3, -0.25) is 4.90 Å². The Morgan fingerprint density at radius 1 is 0.762 bits per heavy atom. The molecule has 0 rings (SSSR count). The Morgan fingerprint density at radius 2 is 1.43 bits per heavy atom. The summed E-state index contributed by atoms with van der Waals surface area (Å²) in [6, 6.07) is 0.591. The van der Waals surface area contributed by atoms with Gasteiger partial charge in [-0.2, -0.15) is 0 Å². The van der Waals surface area contributed by atoms with Gasteiger partial charge in [0.05, 0.1) is 0 Å². The highest BCUT2D eigenvalue weighted by molar-refractivity contribution is 4.72. The van der Waals surface area contributed by atoms with E-state index in [1.54, 1.807) is 0 Å².